The first-order chi connectivity index (χ1) is 12.5. The number of carbonyl (C=O) groups excluding carboxylic acids is 1. The third-order valence-electron chi connectivity index (χ3n) is 4.91. The summed E-state index contributed by atoms with van der Waals surface area (Å²) in [6.07, 6.45) is 5.14. The van der Waals surface area contributed by atoms with Crippen LogP contribution in [0.15, 0.2) is 30.3 Å². The van der Waals surface area contributed by atoms with Gasteiger partial charge in [-0.25, -0.2) is 4.98 Å². The molecule has 2 N–H and O–H groups in total. The molecule has 1 atom stereocenters. The van der Waals surface area contributed by atoms with E-state index in [1.807, 2.05) is 37.3 Å². The summed E-state index contributed by atoms with van der Waals surface area (Å²) in [7, 11) is 0. The Bertz CT molecular complexity index is 767. The van der Waals surface area contributed by atoms with Crippen LogP contribution in [0.4, 0.5) is 0 Å². The summed E-state index contributed by atoms with van der Waals surface area (Å²) in [5, 5.41) is 13.3. The average molecular weight is 372 g/mol. The number of aromatic nitrogens is 1. The van der Waals surface area contributed by atoms with Crippen LogP contribution in [0, 0.1) is 12.8 Å². The van der Waals surface area contributed by atoms with Crippen molar-refractivity contribution in [3.63, 3.8) is 0 Å². The maximum absolute atomic E-state index is 12.5. The Balaban J connectivity index is 1.62. The highest BCUT2D eigenvalue weighted by molar-refractivity contribution is 7.13. The van der Waals surface area contributed by atoms with Crippen molar-refractivity contribution in [1.29, 1.82) is 0 Å². The molecule has 1 amide bonds. The number of benzene rings is 1. The summed E-state index contributed by atoms with van der Waals surface area (Å²) in [5.41, 5.74) is 1.69. The lowest BCUT2D eigenvalue weighted by molar-refractivity contribution is -0.141. The van der Waals surface area contributed by atoms with Crippen LogP contribution in [0.5, 0.6) is 0 Å². The molecule has 1 aromatic heterocycles. The lowest BCUT2D eigenvalue weighted by atomic mass is 9.99. The lowest BCUT2D eigenvalue weighted by Gasteiger charge is -2.13. The second kappa shape index (κ2) is 8.45. The number of nitrogens with one attached hydrogen (secondary N) is 1. The van der Waals surface area contributed by atoms with Gasteiger partial charge in [0.15, 0.2) is 0 Å². The van der Waals surface area contributed by atoms with E-state index in [1.165, 1.54) is 24.2 Å². The summed E-state index contributed by atoms with van der Waals surface area (Å²) < 4.78 is 0. The highest BCUT2D eigenvalue weighted by atomic mass is 32.1. The van der Waals surface area contributed by atoms with Crippen LogP contribution < -0.4 is 5.32 Å². The number of aryl methyl sites for hydroxylation is 1. The number of amides is 1. The SMILES string of the molecule is Cc1nc(C2CCCC2)sc1C(=O)NC[C@@H](Cc1ccccc1)C(=O)O. The van der Waals surface area contributed by atoms with Gasteiger partial charge in [-0.15, -0.1) is 11.3 Å². The standard InChI is InChI=1S/C20H24N2O3S/c1-13-17(26-19(22-13)15-9-5-6-10-15)18(23)21-12-16(20(24)25)11-14-7-3-2-4-8-14/h2-4,7-8,15-16H,5-6,9-12H2,1H3,(H,21,23)(H,24,25)/t16-/m1/s1. The van der Waals surface area contributed by atoms with Gasteiger partial charge in [-0.2, -0.15) is 0 Å². The van der Waals surface area contributed by atoms with Crippen molar-refractivity contribution in [2.24, 2.45) is 5.92 Å². The normalized spacial score (nSPS) is 15.7. The molecule has 0 spiro atoms. The second-order valence-electron chi connectivity index (χ2n) is 6.88. The third-order valence-corrected chi connectivity index (χ3v) is 6.23. The van der Waals surface area contributed by atoms with Gasteiger partial charge in [0.25, 0.3) is 5.91 Å². The van der Waals surface area contributed by atoms with E-state index in [0.29, 0.717) is 17.2 Å². The molecule has 5 nitrogen and oxygen atoms in total. The zero-order valence-corrected chi connectivity index (χ0v) is 15.7. The zero-order valence-electron chi connectivity index (χ0n) is 14.9. The third kappa shape index (κ3) is 4.49. The van der Waals surface area contributed by atoms with Gasteiger partial charge in [0.2, 0.25) is 0 Å². The van der Waals surface area contributed by atoms with E-state index in [1.54, 1.807) is 0 Å². The highest BCUT2D eigenvalue weighted by Crippen LogP contribution is 2.37. The molecule has 0 aliphatic heterocycles. The van der Waals surface area contributed by atoms with E-state index in [0.717, 1.165) is 29.1 Å². The topological polar surface area (TPSA) is 79.3 Å². The average Bonchev–Trinajstić information content (AvgIpc) is 3.28. The number of carboxylic acid groups (broad SMARTS) is 1. The fourth-order valence-corrected chi connectivity index (χ4v) is 4.57. The summed E-state index contributed by atoms with van der Waals surface area (Å²) in [4.78, 5) is 29.3. The number of carbonyl (C=O) groups is 2. The van der Waals surface area contributed by atoms with E-state index in [4.69, 9.17) is 0 Å². The van der Waals surface area contributed by atoms with Crippen LogP contribution in [0.1, 0.15) is 57.5 Å². The molecule has 26 heavy (non-hydrogen) atoms. The fourth-order valence-electron chi connectivity index (χ4n) is 3.42. The Hall–Kier alpha value is -2.21. The van der Waals surface area contributed by atoms with Crippen molar-refractivity contribution in [2.75, 3.05) is 6.54 Å². The van der Waals surface area contributed by atoms with Gasteiger partial charge in [0.1, 0.15) is 4.88 Å². The number of rotatable bonds is 7. The van der Waals surface area contributed by atoms with Crippen molar-refractivity contribution >= 4 is 23.2 Å². The van der Waals surface area contributed by atoms with E-state index < -0.39 is 11.9 Å². The van der Waals surface area contributed by atoms with E-state index in [9.17, 15) is 14.7 Å². The number of hydrogen-bond donors (Lipinski definition) is 2. The Morgan fingerprint density at radius 3 is 2.62 bits per heavy atom. The van der Waals surface area contributed by atoms with Crippen LogP contribution in [-0.2, 0) is 11.2 Å². The molecule has 6 heteroatoms. The van der Waals surface area contributed by atoms with E-state index in [2.05, 4.69) is 10.3 Å². The van der Waals surface area contributed by atoms with Crippen LogP contribution in [-0.4, -0.2) is 28.5 Å². The van der Waals surface area contributed by atoms with Crippen molar-refractivity contribution in [3.05, 3.63) is 51.5 Å². The van der Waals surface area contributed by atoms with Crippen LogP contribution in [0.25, 0.3) is 0 Å². The minimum Gasteiger partial charge on any atom is -0.481 e. The van der Waals surface area contributed by atoms with Gasteiger partial charge < -0.3 is 10.4 Å². The smallest absolute Gasteiger partial charge is 0.308 e. The largest absolute Gasteiger partial charge is 0.481 e. The van der Waals surface area contributed by atoms with Gasteiger partial charge >= 0.3 is 5.97 Å². The Labute approximate surface area is 157 Å². The summed E-state index contributed by atoms with van der Waals surface area (Å²) in [6.45, 7) is 1.96. The molecule has 1 saturated carbocycles. The maximum Gasteiger partial charge on any atom is 0.308 e. The zero-order chi connectivity index (χ0) is 18.5. The Kier molecular flexibility index (Phi) is 6.04. The van der Waals surface area contributed by atoms with Crippen molar-refractivity contribution in [2.45, 2.75) is 44.9 Å². The molecule has 1 heterocycles. The molecule has 138 valence electrons. The van der Waals surface area contributed by atoms with Gasteiger partial charge in [0.05, 0.1) is 16.6 Å². The number of thiazole rings is 1. The van der Waals surface area contributed by atoms with Crippen LogP contribution in [0.3, 0.4) is 0 Å². The van der Waals surface area contributed by atoms with E-state index >= 15 is 0 Å². The van der Waals surface area contributed by atoms with Crippen molar-refractivity contribution in [3.8, 4) is 0 Å². The molecule has 0 saturated heterocycles. The predicted molar refractivity (Wildman–Crippen MR) is 102 cm³/mol. The summed E-state index contributed by atoms with van der Waals surface area (Å²) in [5.74, 6) is -1.29. The molecule has 1 fully saturated rings. The van der Waals surface area contributed by atoms with Gasteiger partial charge in [0, 0.05) is 12.5 Å². The number of carboxylic acids is 1. The Morgan fingerprint density at radius 2 is 1.96 bits per heavy atom. The molecular formula is C20H24N2O3S. The highest BCUT2D eigenvalue weighted by Gasteiger charge is 2.25. The minimum absolute atomic E-state index is 0.110. The van der Waals surface area contributed by atoms with Crippen LogP contribution in [0.2, 0.25) is 0 Å². The monoisotopic (exact) mass is 372 g/mol. The van der Waals surface area contributed by atoms with Gasteiger partial charge in [-0.3, -0.25) is 9.59 Å². The first-order valence-electron chi connectivity index (χ1n) is 9.07. The molecule has 1 aliphatic rings. The summed E-state index contributed by atoms with van der Waals surface area (Å²) >= 11 is 1.46. The number of hydrogen-bond acceptors (Lipinski definition) is 4. The van der Waals surface area contributed by atoms with Gasteiger partial charge in [-0.1, -0.05) is 43.2 Å². The molecule has 1 aliphatic carbocycles. The fraction of sp³-hybridized carbons (Fsp3) is 0.450. The molecule has 1 aromatic carbocycles. The minimum atomic E-state index is -0.901. The molecule has 0 bridgehead atoms. The molecule has 3 rings (SSSR count). The molecule has 2 aromatic rings. The van der Waals surface area contributed by atoms with Gasteiger partial charge in [-0.05, 0) is 31.7 Å². The molecule has 0 unspecified atom stereocenters. The molecule has 0 radical (unpaired) electrons. The quantitative estimate of drug-likeness (QED) is 0.775. The second-order valence-corrected chi connectivity index (χ2v) is 7.91. The predicted octanol–water partition coefficient (Wildman–Crippen LogP) is 3.78. The Morgan fingerprint density at radius 1 is 1.27 bits per heavy atom. The molecular weight excluding hydrogens is 348 g/mol. The van der Waals surface area contributed by atoms with Crippen molar-refractivity contribution < 1.29 is 14.7 Å². The van der Waals surface area contributed by atoms with E-state index in [-0.39, 0.29) is 12.5 Å². The lowest BCUT2D eigenvalue weighted by Crippen LogP contribution is -2.34. The van der Waals surface area contributed by atoms with Crippen molar-refractivity contribution in [1.82, 2.24) is 10.3 Å². The summed E-state index contributed by atoms with van der Waals surface area (Å²) in [6, 6.07) is 9.48. The number of aliphatic carboxylic acids is 1. The maximum atomic E-state index is 12.5. The van der Waals surface area contributed by atoms with Crippen LogP contribution >= 0.6 is 11.3 Å². The number of nitrogens with zero attached hydrogens (tertiary/aromatic N) is 1. The first-order valence-corrected chi connectivity index (χ1v) is 9.88. The first kappa shape index (κ1) is 18.6.